The standard InChI is InChI=1S/C28H36N4O4S/c1-19-11-10-12-20(2)23(19)31-25(33)24(21-13-8-7-9-14-21)32(17-16-29)26(34)22(15-18-37-6)30-27(35)36-28(3,4)5/h7-14,22,24H,15,17-18H2,1-6H3,(H,30,35)(H,31,33). The lowest BCUT2D eigenvalue weighted by atomic mass is 10.0. The van der Waals surface area contributed by atoms with Gasteiger partial charge in [-0.25, -0.2) is 4.79 Å². The number of ether oxygens (including phenoxy) is 1. The first-order chi connectivity index (χ1) is 17.5. The van der Waals surface area contributed by atoms with Crippen molar-refractivity contribution in [3.63, 3.8) is 0 Å². The maximum Gasteiger partial charge on any atom is 0.408 e. The van der Waals surface area contributed by atoms with Gasteiger partial charge in [-0.05, 0) is 69.7 Å². The maximum atomic E-state index is 13.9. The van der Waals surface area contributed by atoms with Crippen LogP contribution < -0.4 is 10.6 Å². The summed E-state index contributed by atoms with van der Waals surface area (Å²) in [6.45, 7) is 8.64. The number of thioether (sulfide) groups is 1. The number of carbonyl (C=O) groups excluding carboxylic acids is 3. The van der Waals surface area contributed by atoms with E-state index in [-0.39, 0.29) is 6.54 Å². The van der Waals surface area contributed by atoms with Gasteiger partial charge in [0.2, 0.25) is 5.91 Å². The van der Waals surface area contributed by atoms with Gasteiger partial charge in [-0.15, -0.1) is 0 Å². The van der Waals surface area contributed by atoms with E-state index in [2.05, 4.69) is 10.6 Å². The molecule has 0 saturated heterocycles. The summed E-state index contributed by atoms with van der Waals surface area (Å²) in [6, 6.07) is 14.5. The fourth-order valence-electron chi connectivity index (χ4n) is 3.83. The zero-order chi connectivity index (χ0) is 27.6. The predicted octanol–water partition coefficient (Wildman–Crippen LogP) is 4.98. The number of nitriles is 1. The Bertz CT molecular complexity index is 1100. The van der Waals surface area contributed by atoms with Gasteiger partial charge in [-0.3, -0.25) is 9.59 Å². The fourth-order valence-corrected chi connectivity index (χ4v) is 4.30. The van der Waals surface area contributed by atoms with Crippen LogP contribution in [0.5, 0.6) is 0 Å². The lowest BCUT2D eigenvalue weighted by Gasteiger charge is -2.33. The van der Waals surface area contributed by atoms with Gasteiger partial charge in [0.1, 0.15) is 24.2 Å². The van der Waals surface area contributed by atoms with Crippen LogP contribution in [0.25, 0.3) is 0 Å². The summed E-state index contributed by atoms with van der Waals surface area (Å²) < 4.78 is 5.36. The number of hydrogen-bond acceptors (Lipinski definition) is 6. The van der Waals surface area contributed by atoms with Crippen LogP contribution in [-0.4, -0.2) is 53.0 Å². The number of alkyl carbamates (subject to hydrolysis) is 1. The van der Waals surface area contributed by atoms with Gasteiger partial charge < -0.3 is 20.3 Å². The Balaban J connectivity index is 2.48. The zero-order valence-electron chi connectivity index (χ0n) is 22.3. The molecule has 0 spiro atoms. The first kappa shape index (κ1) is 29.7. The molecule has 8 nitrogen and oxygen atoms in total. The van der Waals surface area contributed by atoms with Gasteiger partial charge in [0, 0.05) is 5.69 Å². The van der Waals surface area contributed by atoms with Gasteiger partial charge in [0.25, 0.3) is 5.91 Å². The Morgan fingerprint density at radius 3 is 2.22 bits per heavy atom. The van der Waals surface area contributed by atoms with Crippen molar-refractivity contribution < 1.29 is 19.1 Å². The first-order valence-electron chi connectivity index (χ1n) is 12.1. The average molecular weight is 525 g/mol. The summed E-state index contributed by atoms with van der Waals surface area (Å²) in [6.07, 6.45) is 1.47. The fraction of sp³-hybridized carbons (Fsp3) is 0.429. The van der Waals surface area contributed by atoms with E-state index in [0.717, 1.165) is 11.1 Å². The third kappa shape index (κ3) is 8.83. The molecule has 0 aromatic heterocycles. The molecule has 0 aliphatic rings. The van der Waals surface area contributed by atoms with E-state index in [0.29, 0.717) is 23.4 Å². The molecule has 0 fully saturated rings. The average Bonchev–Trinajstić information content (AvgIpc) is 2.83. The summed E-state index contributed by atoms with van der Waals surface area (Å²) >= 11 is 1.52. The highest BCUT2D eigenvalue weighted by Crippen LogP contribution is 2.27. The highest BCUT2D eigenvalue weighted by Gasteiger charge is 2.36. The quantitative estimate of drug-likeness (QED) is 0.424. The van der Waals surface area contributed by atoms with Crippen molar-refractivity contribution in [2.75, 3.05) is 23.9 Å². The third-order valence-corrected chi connectivity index (χ3v) is 6.17. The molecule has 2 N–H and O–H groups in total. The number of para-hydroxylation sites is 1. The van der Waals surface area contributed by atoms with E-state index in [1.165, 1.54) is 16.7 Å². The Labute approximate surface area is 223 Å². The Morgan fingerprint density at radius 2 is 1.68 bits per heavy atom. The summed E-state index contributed by atoms with van der Waals surface area (Å²) in [7, 11) is 0. The first-order valence-corrected chi connectivity index (χ1v) is 13.5. The molecule has 37 heavy (non-hydrogen) atoms. The van der Waals surface area contributed by atoms with E-state index >= 15 is 0 Å². The second-order valence-corrected chi connectivity index (χ2v) is 10.7. The van der Waals surface area contributed by atoms with Crippen LogP contribution in [0.4, 0.5) is 10.5 Å². The van der Waals surface area contributed by atoms with Gasteiger partial charge in [-0.2, -0.15) is 17.0 Å². The number of benzene rings is 2. The lowest BCUT2D eigenvalue weighted by molar-refractivity contribution is -0.140. The third-order valence-electron chi connectivity index (χ3n) is 5.53. The molecule has 2 aromatic carbocycles. The van der Waals surface area contributed by atoms with E-state index in [1.54, 1.807) is 45.0 Å². The number of carbonyl (C=O) groups is 3. The van der Waals surface area contributed by atoms with Crippen molar-refractivity contribution in [2.45, 2.75) is 58.7 Å². The summed E-state index contributed by atoms with van der Waals surface area (Å²) in [5.74, 6) is -0.406. The number of anilines is 1. The largest absolute Gasteiger partial charge is 0.444 e. The van der Waals surface area contributed by atoms with E-state index < -0.39 is 35.6 Å². The van der Waals surface area contributed by atoms with Gasteiger partial charge >= 0.3 is 6.09 Å². The van der Waals surface area contributed by atoms with Gasteiger partial charge in [0.05, 0.1) is 6.07 Å². The number of nitrogens with zero attached hydrogens (tertiary/aromatic N) is 2. The summed E-state index contributed by atoms with van der Waals surface area (Å²) in [5.41, 5.74) is 2.21. The normalized spacial score (nSPS) is 12.6. The molecule has 0 heterocycles. The molecule has 3 amide bonds. The highest BCUT2D eigenvalue weighted by atomic mass is 32.2. The number of nitrogens with one attached hydrogen (secondary N) is 2. The number of rotatable bonds is 10. The highest BCUT2D eigenvalue weighted by molar-refractivity contribution is 7.98. The van der Waals surface area contributed by atoms with Crippen LogP contribution >= 0.6 is 11.8 Å². The predicted molar refractivity (Wildman–Crippen MR) is 147 cm³/mol. The minimum absolute atomic E-state index is 0.307. The maximum absolute atomic E-state index is 13.9. The second kappa shape index (κ2) is 13.7. The minimum atomic E-state index is -1.09. The molecule has 0 aliphatic heterocycles. The Kier molecular flexibility index (Phi) is 11.0. The topological polar surface area (TPSA) is 112 Å². The minimum Gasteiger partial charge on any atom is -0.444 e. The smallest absolute Gasteiger partial charge is 0.408 e. The number of amides is 3. The molecular weight excluding hydrogens is 488 g/mol. The van der Waals surface area contributed by atoms with Crippen molar-refractivity contribution in [2.24, 2.45) is 0 Å². The van der Waals surface area contributed by atoms with Gasteiger partial charge in [-0.1, -0.05) is 48.5 Å². The van der Waals surface area contributed by atoms with Crippen LogP contribution in [0.1, 0.15) is 49.9 Å². The molecule has 0 saturated carbocycles. The molecule has 0 bridgehead atoms. The molecule has 0 aliphatic carbocycles. The van der Waals surface area contributed by atoms with E-state index in [9.17, 15) is 19.6 Å². The van der Waals surface area contributed by atoms with Crippen molar-refractivity contribution in [3.8, 4) is 6.07 Å². The van der Waals surface area contributed by atoms with Crippen molar-refractivity contribution in [1.82, 2.24) is 10.2 Å². The molecular formula is C28H36N4O4S. The van der Waals surface area contributed by atoms with E-state index in [1.807, 2.05) is 50.4 Å². The van der Waals surface area contributed by atoms with Crippen molar-refractivity contribution >= 4 is 35.4 Å². The molecule has 2 aromatic rings. The molecule has 9 heteroatoms. The SMILES string of the molecule is CSCCC(NC(=O)OC(C)(C)C)C(=O)N(CC#N)C(C(=O)Nc1c(C)cccc1C)c1ccccc1. The lowest BCUT2D eigenvalue weighted by Crippen LogP contribution is -2.52. The Morgan fingerprint density at radius 1 is 1.05 bits per heavy atom. The zero-order valence-corrected chi connectivity index (χ0v) is 23.1. The number of hydrogen-bond donors (Lipinski definition) is 2. The molecule has 0 radical (unpaired) electrons. The summed E-state index contributed by atoms with van der Waals surface area (Å²) in [4.78, 5) is 41.4. The van der Waals surface area contributed by atoms with Gasteiger partial charge in [0.15, 0.2) is 0 Å². The van der Waals surface area contributed by atoms with Crippen molar-refractivity contribution in [1.29, 1.82) is 5.26 Å². The Hall–Kier alpha value is -3.51. The molecule has 2 atom stereocenters. The summed E-state index contributed by atoms with van der Waals surface area (Å²) in [5, 5.41) is 15.3. The van der Waals surface area contributed by atoms with E-state index in [4.69, 9.17) is 4.74 Å². The van der Waals surface area contributed by atoms with Crippen molar-refractivity contribution in [3.05, 3.63) is 65.2 Å². The molecule has 2 unspecified atom stereocenters. The van der Waals surface area contributed by atoms with Crippen LogP contribution in [-0.2, 0) is 14.3 Å². The van der Waals surface area contributed by atoms with Crippen LogP contribution in [0.2, 0.25) is 0 Å². The molecule has 2 rings (SSSR count). The van der Waals surface area contributed by atoms with Crippen LogP contribution in [0.15, 0.2) is 48.5 Å². The van der Waals surface area contributed by atoms with Crippen LogP contribution in [0.3, 0.4) is 0 Å². The molecule has 198 valence electrons. The number of aryl methyl sites for hydroxylation is 2. The monoisotopic (exact) mass is 524 g/mol. The second-order valence-electron chi connectivity index (χ2n) is 9.67. The van der Waals surface area contributed by atoms with Crippen LogP contribution in [0, 0.1) is 25.2 Å².